The summed E-state index contributed by atoms with van der Waals surface area (Å²) in [7, 11) is 0. The van der Waals surface area contributed by atoms with Gasteiger partial charge in [-0.05, 0) is 53.6 Å². The molecule has 0 aromatic heterocycles. The highest BCUT2D eigenvalue weighted by atomic mass is 19.4. The van der Waals surface area contributed by atoms with Gasteiger partial charge < -0.3 is 0 Å². The van der Waals surface area contributed by atoms with Gasteiger partial charge in [-0.25, -0.2) is 0 Å². The second-order valence-electron chi connectivity index (χ2n) is 8.03. The fourth-order valence-electron chi connectivity index (χ4n) is 4.47. The molecule has 3 amide bonds. The van der Waals surface area contributed by atoms with Crippen LogP contribution in [0.2, 0.25) is 0 Å². The van der Waals surface area contributed by atoms with E-state index in [-0.39, 0.29) is 24.7 Å². The SMILES string of the molecule is O=C1CCC(N2C(=O)c3cc(Cc4ccc(C(F)(F)F)cc4)cc4cccc2c34)C(=O)N1. The molecule has 0 bridgehead atoms. The van der Waals surface area contributed by atoms with Gasteiger partial charge in [0.15, 0.2) is 0 Å². The number of hydrogen-bond acceptors (Lipinski definition) is 3. The third kappa shape index (κ3) is 3.32. The first-order valence-corrected chi connectivity index (χ1v) is 10.1. The minimum Gasteiger partial charge on any atom is -0.295 e. The fourth-order valence-corrected chi connectivity index (χ4v) is 4.47. The lowest BCUT2D eigenvalue weighted by atomic mass is 9.97. The topological polar surface area (TPSA) is 66.5 Å². The van der Waals surface area contributed by atoms with Crippen LogP contribution in [-0.4, -0.2) is 23.8 Å². The first-order chi connectivity index (χ1) is 15.2. The van der Waals surface area contributed by atoms with Crippen molar-refractivity contribution >= 4 is 34.2 Å². The Kier molecular flexibility index (Phi) is 4.54. The van der Waals surface area contributed by atoms with E-state index in [2.05, 4.69) is 5.32 Å². The Bertz CT molecular complexity index is 1280. The lowest BCUT2D eigenvalue weighted by Crippen LogP contribution is -2.53. The largest absolute Gasteiger partial charge is 0.416 e. The van der Waals surface area contributed by atoms with Crippen molar-refractivity contribution in [2.45, 2.75) is 31.5 Å². The van der Waals surface area contributed by atoms with Crippen LogP contribution in [0.25, 0.3) is 10.8 Å². The predicted molar refractivity (Wildman–Crippen MR) is 111 cm³/mol. The van der Waals surface area contributed by atoms with Crippen LogP contribution in [-0.2, 0) is 22.2 Å². The lowest BCUT2D eigenvalue weighted by Gasteiger charge is -2.30. The van der Waals surface area contributed by atoms with E-state index in [1.165, 1.54) is 17.0 Å². The Balaban J connectivity index is 1.50. The lowest BCUT2D eigenvalue weighted by molar-refractivity contribution is -0.137. The van der Waals surface area contributed by atoms with Gasteiger partial charge in [0, 0.05) is 11.8 Å². The summed E-state index contributed by atoms with van der Waals surface area (Å²) in [6, 6.07) is 13.2. The van der Waals surface area contributed by atoms with E-state index in [4.69, 9.17) is 0 Å². The number of piperidine rings is 1. The van der Waals surface area contributed by atoms with Gasteiger partial charge >= 0.3 is 6.18 Å². The van der Waals surface area contributed by atoms with E-state index in [0.717, 1.165) is 28.5 Å². The molecule has 2 aliphatic rings. The molecule has 1 N–H and O–H groups in total. The summed E-state index contributed by atoms with van der Waals surface area (Å²) in [5, 5.41) is 3.84. The molecule has 5 rings (SSSR count). The number of alkyl halides is 3. The number of hydrogen-bond donors (Lipinski definition) is 1. The van der Waals surface area contributed by atoms with E-state index in [9.17, 15) is 27.6 Å². The molecule has 1 saturated heterocycles. The van der Waals surface area contributed by atoms with Crippen LogP contribution in [0.1, 0.15) is 39.9 Å². The number of carbonyl (C=O) groups is 3. The standard InChI is InChI=1S/C24H17F3N2O3/c25-24(26,27)16-6-4-13(5-7-16)10-14-11-15-2-1-3-18-21(15)17(12-14)23(32)29(18)19-8-9-20(30)28-22(19)31/h1-7,11-12,19H,8-10H2,(H,28,30,31). The van der Waals surface area contributed by atoms with Crippen molar-refractivity contribution in [3.05, 3.63) is 76.9 Å². The number of halogens is 3. The number of nitrogens with one attached hydrogen (secondary N) is 1. The molecule has 1 unspecified atom stereocenters. The maximum Gasteiger partial charge on any atom is 0.416 e. The van der Waals surface area contributed by atoms with Crippen LogP contribution < -0.4 is 10.2 Å². The Hall–Kier alpha value is -3.68. The number of anilines is 1. The van der Waals surface area contributed by atoms with Crippen molar-refractivity contribution in [1.29, 1.82) is 0 Å². The van der Waals surface area contributed by atoms with Gasteiger partial charge in [0.2, 0.25) is 11.8 Å². The van der Waals surface area contributed by atoms with Gasteiger partial charge in [-0.3, -0.25) is 24.6 Å². The Labute approximate surface area is 180 Å². The van der Waals surface area contributed by atoms with Crippen LogP contribution in [0.4, 0.5) is 18.9 Å². The average molecular weight is 438 g/mol. The normalized spacial score (nSPS) is 18.4. The zero-order valence-electron chi connectivity index (χ0n) is 16.7. The molecule has 32 heavy (non-hydrogen) atoms. The minimum atomic E-state index is -4.39. The molecule has 162 valence electrons. The van der Waals surface area contributed by atoms with Crippen molar-refractivity contribution in [1.82, 2.24) is 5.32 Å². The number of nitrogens with zero attached hydrogens (tertiary/aromatic N) is 1. The molecule has 8 heteroatoms. The van der Waals surface area contributed by atoms with Crippen LogP contribution in [0.3, 0.4) is 0 Å². The van der Waals surface area contributed by atoms with Crippen LogP contribution in [0.5, 0.6) is 0 Å². The maximum absolute atomic E-state index is 13.3. The van der Waals surface area contributed by atoms with E-state index in [1.54, 1.807) is 18.2 Å². The molecule has 2 aliphatic heterocycles. The highest BCUT2D eigenvalue weighted by Gasteiger charge is 2.40. The number of benzene rings is 3. The first-order valence-electron chi connectivity index (χ1n) is 10.1. The molecule has 5 nitrogen and oxygen atoms in total. The van der Waals surface area contributed by atoms with Crippen molar-refractivity contribution in [3.63, 3.8) is 0 Å². The van der Waals surface area contributed by atoms with Gasteiger partial charge in [0.1, 0.15) is 6.04 Å². The zero-order valence-corrected chi connectivity index (χ0v) is 16.7. The minimum absolute atomic E-state index is 0.158. The van der Waals surface area contributed by atoms with Crippen molar-refractivity contribution in [3.8, 4) is 0 Å². The Morgan fingerprint density at radius 3 is 2.41 bits per heavy atom. The number of carbonyl (C=O) groups excluding carboxylic acids is 3. The second kappa shape index (κ2) is 7.19. The van der Waals surface area contributed by atoms with Gasteiger partial charge in [0.05, 0.1) is 16.8 Å². The smallest absolute Gasteiger partial charge is 0.295 e. The van der Waals surface area contributed by atoms with Gasteiger partial charge in [-0.1, -0.05) is 30.3 Å². The molecule has 3 aromatic carbocycles. The highest BCUT2D eigenvalue weighted by Crippen LogP contribution is 2.40. The summed E-state index contributed by atoms with van der Waals surface area (Å²) >= 11 is 0. The molecule has 3 aromatic rings. The van der Waals surface area contributed by atoms with Gasteiger partial charge in [-0.2, -0.15) is 13.2 Å². The Morgan fingerprint density at radius 1 is 0.969 bits per heavy atom. The summed E-state index contributed by atoms with van der Waals surface area (Å²) in [5.41, 5.74) is 1.83. The van der Waals surface area contributed by atoms with E-state index in [0.29, 0.717) is 23.2 Å². The van der Waals surface area contributed by atoms with E-state index in [1.807, 2.05) is 12.1 Å². The molecule has 1 fully saturated rings. The molecule has 2 heterocycles. The number of imide groups is 1. The van der Waals surface area contributed by atoms with E-state index >= 15 is 0 Å². The van der Waals surface area contributed by atoms with Gasteiger partial charge in [0.25, 0.3) is 5.91 Å². The molecule has 0 radical (unpaired) electrons. The molecule has 0 spiro atoms. The fraction of sp³-hybridized carbons (Fsp3) is 0.208. The first kappa shape index (κ1) is 20.2. The summed E-state index contributed by atoms with van der Waals surface area (Å²) < 4.78 is 38.5. The zero-order chi connectivity index (χ0) is 22.6. The van der Waals surface area contributed by atoms with Crippen molar-refractivity contribution in [2.75, 3.05) is 4.90 Å². The molecular formula is C24H17F3N2O3. The molecule has 0 aliphatic carbocycles. The monoisotopic (exact) mass is 438 g/mol. The molecular weight excluding hydrogens is 421 g/mol. The third-order valence-corrected chi connectivity index (χ3v) is 5.93. The maximum atomic E-state index is 13.3. The van der Waals surface area contributed by atoms with Gasteiger partial charge in [-0.15, -0.1) is 0 Å². The average Bonchev–Trinajstić information content (AvgIpc) is 3.01. The van der Waals surface area contributed by atoms with E-state index < -0.39 is 23.7 Å². The third-order valence-electron chi connectivity index (χ3n) is 5.93. The highest BCUT2D eigenvalue weighted by molar-refractivity contribution is 6.27. The number of rotatable bonds is 3. The van der Waals surface area contributed by atoms with Crippen LogP contribution in [0.15, 0.2) is 54.6 Å². The second-order valence-corrected chi connectivity index (χ2v) is 8.03. The summed E-state index contributed by atoms with van der Waals surface area (Å²) in [4.78, 5) is 38.7. The number of amides is 3. The predicted octanol–water partition coefficient (Wildman–Crippen LogP) is 4.21. The summed E-state index contributed by atoms with van der Waals surface area (Å²) in [5.74, 6) is -1.17. The summed E-state index contributed by atoms with van der Waals surface area (Å²) in [6.45, 7) is 0. The van der Waals surface area contributed by atoms with Crippen molar-refractivity contribution in [2.24, 2.45) is 0 Å². The Morgan fingerprint density at radius 2 is 1.72 bits per heavy atom. The van der Waals surface area contributed by atoms with Crippen LogP contribution in [0, 0.1) is 0 Å². The molecule has 1 atom stereocenters. The summed E-state index contributed by atoms with van der Waals surface area (Å²) in [6.07, 6.45) is -3.63. The van der Waals surface area contributed by atoms with Crippen LogP contribution >= 0.6 is 0 Å². The quantitative estimate of drug-likeness (QED) is 0.623. The molecule has 0 saturated carbocycles. The van der Waals surface area contributed by atoms with Crippen molar-refractivity contribution < 1.29 is 27.6 Å².